The predicted molar refractivity (Wildman–Crippen MR) is 70.2 cm³/mol. The van der Waals surface area contributed by atoms with Crippen LogP contribution < -0.4 is 0 Å². The first kappa shape index (κ1) is 13.5. The topological polar surface area (TPSA) is 57.6 Å². The summed E-state index contributed by atoms with van der Waals surface area (Å²) in [5.41, 5.74) is 0. The first-order chi connectivity index (χ1) is 8.50. The van der Waals surface area contributed by atoms with Crippen molar-refractivity contribution in [2.75, 3.05) is 19.3 Å². The van der Waals surface area contributed by atoms with E-state index in [-0.39, 0.29) is 16.7 Å². The van der Waals surface area contributed by atoms with E-state index in [1.54, 1.807) is 30.3 Å². The highest BCUT2D eigenvalue weighted by Gasteiger charge is 2.31. The number of aliphatic hydroxyl groups is 1. The summed E-state index contributed by atoms with van der Waals surface area (Å²) >= 11 is 0. The standard InChI is InChI=1S/C13H19NO3S/c1-14-9-5-8-12(14)13(15)10-18(16,17)11-6-3-2-4-7-11/h2-4,6-7,12-13,15H,5,8-10H2,1H3/t12-,13+/m0/s1. The van der Waals surface area contributed by atoms with E-state index in [0.29, 0.717) is 0 Å². The molecule has 1 aromatic rings. The molecule has 2 atom stereocenters. The molecule has 0 saturated carbocycles. The van der Waals surface area contributed by atoms with Crippen LogP contribution in [0.2, 0.25) is 0 Å². The molecule has 0 bridgehead atoms. The van der Waals surface area contributed by atoms with E-state index in [4.69, 9.17) is 0 Å². The maximum Gasteiger partial charge on any atom is 0.180 e. The van der Waals surface area contributed by atoms with E-state index in [1.807, 2.05) is 11.9 Å². The van der Waals surface area contributed by atoms with Crippen LogP contribution in [-0.2, 0) is 9.84 Å². The van der Waals surface area contributed by atoms with Crippen molar-refractivity contribution in [2.24, 2.45) is 0 Å². The van der Waals surface area contributed by atoms with Gasteiger partial charge in [-0.25, -0.2) is 8.42 Å². The van der Waals surface area contributed by atoms with Gasteiger partial charge in [0, 0.05) is 6.04 Å². The van der Waals surface area contributed by atoms with Crippen LogP contribution in [0, 0.1) is 0 Å². The van der Waals surface area contributed by atoms with Gasteiger partial charge in [-0.05, 0) is 38.6 Å². The molecule has 1 aromatic carbocycles. The molecule has 0 unspecified atom stereocenters. The number of hydrogen-bond acceptors (Lipinski definition) is 4. The first-order valence-corrected chi connectivity index (χ1v) is 7.82. The number of nitrogens with zero attached hydrogens (tertiary/aromatic N) is 1. The lowest BCUT2D eigenvalue weighted by Crippen LogP contribution is -2.40. The van der Waals surface area contributed by atoms with E-state index < -0.39 is 15.9 Å². The molecule has 0 aromatic heterocycles. The van der Waals surface area contributed by atoms with Crippen molar-refractivity contribution in [3.05, 3.63) is 30.3 Å². The van der Waals surface area contributed by atoms with Crippen LogP contribution in [0.1, 0.15) is 12.8 Å². The van der Waals surface area contributed by atoms with Gasteiger partial charge in [-0.1, -0.05) is 18.2 Å². The third kappa shape index (κ3) is 2.91. The van der Waals surface area contributed by atoms with Crippen LogP contribution in [-0.4, -0.2) is 49.9 Å². The molecule has 1 fully saturated rings. The molecule has 2 rings (SSSR count). The molecule has 0 spiro atoms. The van der Waals surface area contributed by atoms with Crippen LogP contribution >= 0.6 is 0 Å². The van der Waals surface area contributed by atoms with E-state index in [2.05, 4.69) is 0 Å². The Hall–Kier alpha value is -0.910. The summed E-state index contributed by atoms with van der Waals surface area (Å²) < 4.78 is 24.3. The number of likely N-dealkylation sites (tertiary alicyclic amines) is 1. The van der Waals surface area contributed by atoms with Gasteiger partial charge in [0.15, 0.2) is 9.84 Å². The van der Waals surface area contributed by atoms with Crippen LogP contribution in [0.4, 0.5) is 0 Å². The third-order valence-electron chi connectivity index (χ3n) is 3.51. The number of hydrogen-bond donors (Lipinski definition) is 1. The largest absolute Gasteiger partial charge is 0.390 e. The molecule has 4 nitrogen and oxygen atoms in total. The van der Waals surface area contributed by atoms with Gasteiger partial charge in [-0.2, -0.15) is 0 Å². The zero-order valence-electron chi connectivity index (χ0n) is 10.5. The fourth-order valence-electron chi connectivity index (χ4n) is 2.48. The zero-order chi connectivity index (χ0) is 13.2. The lowest BCUT2D eigenvalue weighted by Gasteiger charge is -2.24. The van der Waals surface area contributed by atoms with Crippen molar-refractivity contribution in [1.82, 2.24) is 4.90 Å². The summed E-state index contributed by atoms with van der Waals surface area (Å²) in [5.74, 6) is -0.202. The average Bonchev–Trinajstić information content (AvgIpc) is 2.76. The highest BCUT2D eigenvalue weighted by atomic mass is 32.2. The molecule has 0 radical (unpaired) electrons. The summed E-state index contributed by atoms with van der Waals surface area (Å²) in [5, 5.41) is 10.1. The normalized spacial score (nSPS) is 23.1. The van der Waals surface area contributed by atoms with Gasteiger partial charge in [-0.3, -0.25) is 0 Å². The minimum Gasteiger partial charge on any atom is -0.390 e. The van der Waals surface area contributed by atoms with Gasteiger partial charge in [0.25, 0.3) is 0 Å². The van der Waals surface area contributed by atoms with Crippen molar-refractivity contribution >= 4 is 9.84 Å². The molecule has 1 saturated heterocycles. The molecule has 1 heterocycles. The van der Waals surface area contributed by atoms with E-state index >= 15 is 0 Å². The second-order valence-electron chi connectivity index (χ2n) is 4.85. The maximum atomic E-state index is 12.1. The lowest BCUT2D eigenvalue weighted by atomic mass is 10.1. The van der Waals surface area contributed by atoms with Crippen molar-refractivity contribution in [3.63, 3.8) is 0 Å². The van der Waals surface area contributed by atoms with Gasteiger partial charge >= 0.3 is 0 Å². The number of benzene rings is 1. The molecule has 0 amide bonds. The molecular formula is C13H19NO3S. The third-order valence-corrected chi connectivity index (χ3v) is 5.28. The molecule has 1 N–H and O–H groups in total. The van der Waals surface area contributed by atoms with Crippen LogP contribution in [0.3, 0.4) is 0 Å². The van der Waals surface area contributed by atoms with Crippen LogP contribution in [0.5, 0.6) is 0 Å². The van der Waals surface area contributed by atoms with Crippen molar-refractivity contribution in [2.45, 2.75) is 29.9 Å². The Balaban J connectivity index is 2.09. The van der Waals surface area contributed by atoms with Gasteiger partial charge in [0.2, 0.25) is 0 Å². The number of rotatable bonds is 4. The van der Waals surface area contributed by atoms with E-state index in [9.17, 15) is 13.5 Å². The number of sulfone groups is 1. The fraction of sp³-hybridized carbons (Fsp3) is 0.538. The monoisotopic (exact) mass is 269 g/mol. The van der Waals surface area contributed by atoms with E-state index in [0.717, 1.165) is 19.4 Å². The van der Waals surface area contributed by atoms with Gasteiger partial charge in [-0.15, -0.1) is 0 Å². The summed E-state index contributed by atoms with van der Waals surface area (Å²) in [4.78, 5) is 2.32. The predicted octanol–water partition coefficient (Wildman–Crippen LogP) is 0.915. The quantitative estimate of drug-likeness (QED) is 0.883. The Labute approximate surface area is 108 Å². The Bertz CT molecular complexity index is 486. The molecule has 1 aliphatic heterocycles. The summed E-state index contributed by atoms with van der Waals surface area (Å²) in [6.07, 6.45) is 1.06. The highest BCUT2D eigenvalue weighted by molar-refractivity contribution is 7.91. The van der Waals surface area contributed by atoms with Crippen molar-refractivity contribution in [1.29, 1.82) is 0 Å². The Morgan fingerprint density at radius 3 is 2.61 bits per heavy atom. The second-order valence-corrected chi connectivity index (χ2v) is 6.89. The maximum absolute atomic E-state index is 12.1. The lowest BCUT2D eigenvalue weighted by molar-refractivity contribution is 0.103. The Kier molecular flexibility index (Phi) is 4.04. The molecule has 1 aliphatic rings. The highest BCUT2D eigenvalue weighted by Crippen LogP contribution is 2.21. The number of likely N-dealkylation sites (N-methyl/N-ethyl adjacent to an activating group) is 1. The van der Waals surface area contributed by atoms with Gasteiger partial charge < -0.3 is 10.0 Å². The molecule has 0 aliphatic carbocycles. The van der Waals surface area contributed by atoms with Crippen molar-refractivity contribution < 1.29 is 13.5 Å². The molecule has 100 valence electrons. The Morgan fingerprint density at radius 1 is 1.39 bits per heavy atom. The SMILES string of the molecule is CN1CCC[C@H]1[C@H](O)CS(=O)(=O)c1ccccc1. The van der Waals surface area contributed by atoms with E-state index in [1.165, 1.54) is 0 Å². The zero-order valence-corrected chi connectivity index (χ0v) is 11.3. The van der Waals surface area contributed by atoms with Crippen molar-refractivity contribution in [3.8, 4) is 0 Å². The van der Waals surface area contributed by atoms with Crippen LogP contribution in [0.25, 0.3) is 0 Å². The number of aliphatic hydroxyl groups excluding tert-OH is 1. The summed E-state index contributed by atoms with van der Waals surface area (Å²) in [6, 6.07) is 8.27. The van der Waals surface area contributed by atoms with Gasteiger partial charge in [0.05, 0.1) is 16.8 Å². The van der Waals surface area contributed by atoms with Crippen LogP contribution in [0.15, 0.2) is 35.2 Å². The molecular weight excluding hydrogens is 250 g/mol. The first-order valence-electron chi connectivity index (χ1n) is 6.17. The summed E-state index contributed by atoms with van der Waals surface area (Å²) in [7, 11) is -1.47. The Morgan fingerprint density at radius 2 is 2.06 bits per heavy atom. The fourth-order valence-corrected chi connectivity index (χ4v) is 3.92. The minimum atomic E-state index is -3.40. The molecule has 18 heavy (non-hydrogen) atoms. The average molecular weight is 269 g/mol. The second kappa shape index (κ2) is 5.38. The molecule has 5 heteroatoms. The minimum absolute atomic E-state index is 0.0384. The summed E-state index contributed by atoms with van der Waals surface area (Å²) in [6.45, 7) is 0.924. The smallest absolute Gasteiger partial charge is 0.180 e. The van der Waals surface area contributed by atoms with Gasteiger partial charge in [0.1, 0.15) is 0 Å².